The lowest BCUT2D eigenvalue weighted by Gasteiger charge is -2.48. The molecule has 0 saturated carbocycles. The maximum atomic E-state index is 13.2. The molecule has 3 aliphatic carbocycles. The molecule has 0 saturated heterocycles. The molecule has 0 spiro atoms. The highest BCUT2D eigenvalue weighted by Crippen LogP contribution is 2.56. The van der Waals surface area contributed by atoms with Crippen molar-refractivity contribution in [3.63, 3.8) is 0 Å². The van der Waals surface area contributed by atoms with Crippen molar-refractivity contribution >= 4 is 29.1 Å². The van der Waals surface area contributed by atoms with Crippen LogP contribution in [-0.4, -0.2) is 37.9 Å². The third kappa shape index (κ3) is 2.45. The molecule has 152 valence electrons. The van der Waals surface area contributed by atoms with E-state index in [1.807, 2.05) is 0 Å². The highest BCUT2D eigenvalue weighted by Gasteiger charge is 2.57. The predicted molar refractivity (Wildman–Crippen MR) is 100 cm³/mol. The monoisotopic (exact) mass is 419 g/mol. The smallest absolute Gasteiger partial charge is 0.256 e. The quantitative estimate of drug-likeness (QED) is 0.434. The number of allylic oxidation sites excluding steroid dienone is 2. The van der Waals surface area contributed by atoms with Gasteiger partial charge in [0.05, 0.1) is 17.1 Å². The summed E-state index contributed by atoms with van der Waals surface area (Å²) in [6, 6.07) is 2.58. The van der Waals surface area contributed by atoms with E-state index in [-0.39, 0.29) is 34.6 Å². The van der Waals surface area contributed by atoms with Gasteiger partial charge in [0, 0.05) is 28.5 Å². The van der Waals surface area contributed by atoms with Crippen LogP contribution in [0.25, 0.3) is 0 Å². The van der Waals surface area contributed by atoms with E-state index >= 15 is 0 Å². The molecule has 0 aromatic heterocycles. The van der Waals surface area contributed by atoms with Crippen molar-refractivity contribution in [3.05, 3.63) is 50.9 Å². The van der Waals surface area contributed by atoms with Crippen molar-refractivity contribution in [1.29, 1.82) is 0 Å². The number of hydrogen-bond donors (Lipinski definition) is 5. The number of rotatable bonds is 1. The molecule has 0 bridgehead atoms. The van der Waals surface area contributed by atoms with E-state index < -0.39 is 63.7 Å². The summed E-state index contributed by atoms with van der Waals surface area (Å²) in [5.74, 6) is -7.06. The largest absolute Gasteiger partial charge is 0.511 e. The molecule has 1 aromatic rings. The van der Waals surface area contributed by atoms with Gasteiger partial charge in [-0.25, -0.2) is 0 Å². The minimum absolute atomic E-state index is 0.0568. The molecule has 1 aromatic carbocycles. The number of Topliss-reactive ketones (excluding diaryl/α,β-unsaturated/α-hetero) is 2. The van der Waals surface area contributed by atoms with E-state index in [9.17, 15) is 34.8 Å². The fraction of sp³-hybridized carbons (Fsp3) is 0.350. The van der Waals surface area contributed by atoms with Gasteiger partial charge in [-0.2, -0.15) is 0 Å². The van der Waals surface area contributed by atoms with Crippen LogP contribution in [0.5, 0.6) is 5.75 Å². The molecule has 9 heteroatoms. The molecule has 1 amide bonds. The molecule has 4 unspecified atom stereocenters. The summed E-state index contributed by atoms with van der Waals surface area (Å²) in [4.78, 5) is 37.1. The maximum Gasteiger partial charge on any atom is 0.256 e. The maximum absolute atomic E-state index is 13.2. The van der Waals surface area contributed by atoms with Crippen molar-refractivity contribution < 1.29 is 34.8 Å². The molecule has 0 fully saturated rings. The summed E-state index contributed by atoms with van der Waals surface area (Å²) >= 11 is 6.22. The lowest BCUT2D eigenvalue weighted by atomic mass is 9.57. The van der Waals surface area contributed by atoms with Crippen LogP contribution in [0, 0.1) is 17.8 Å². The minimum atomic E-state index is -1.71. The van der Waals surface area contributed by atoms with E-state index in [1.165, 1.54) is 19.1 Å². The van der Waals surface area contributed by atoms with Crippen LogP contribution in [-0.2, 0) is 15.2 Å². The summed E-state index contributed by atoms with van der Waals surface area (Å²) in [6.45, 7) is 1.43. The predicted octanol–water partition coefficient (Wildman–Crippen LogP) is 1.78. The normalized spacial score (nSPS) is 31.3. The van der Waals surface area contributed by atoms with Crippen LogP contribution in [0.15, 0.2) is 34.8 Å². The molecule has 3 aliphatic rings. The second kappa shape index (κ2) is 6.08. The fourth-order valence-corrected chi connectivity index (χ4v) is 5.34. The van der Waals surface area contributed by atoms with Gasteiger partial charge in [-0.1, -0.05) is 11.6 Å². The Morgan fingerprint density at radius 2 is 1.90 bits per heavy atom. The number of nitrogens with two attached hydrogens (primary N) is 1. The van der Waals surface area contributed by atoms with E-state index in [0.717, 1.165) is 0 Å². The number of benzene rings is 1. The molecule has 0 heterocycles. The van der Waals surface area contributed by atoms with E-state index in [0.29, 0.717) is 0 Å². The Balaban J connectivity index is 1.99. The molecule has 0 aliphatic heterocycles. The van der Waals surface area contributed by atoms with Crippen LogP contribution in [0.2, 0.25) is 5.02 Å². The highest BCUT2D eigenvalue weighted by atomic mass is 35.5. The van der Waals surface area contributed by atoms with Crippen molar-refractivity contribution in [3.8, 4) is 5.75 Å². The minimum Gasteiger partial charge on any atom is -0.511 e. The number of carbonyl (C=O) groups is 3. The van der Waals surface area contributed by atoms with Crippen LogP contribution in [0.3, 0.4) is 0 Å². The van der Waals surface area contributed by atoms with Crippen LogP contribution >= 0.6 is 11.6 Å². The zero-order valence-corrected chi connectivity index (χ0v) is 16.0. The average Bonchev–Trinajstić information content (AvgIpc) is 2.60. The number of aliphatic hydroxyl groups excluding tert-OH is 2. The fourth-order valence-electron chi connectivity index (χ4n) is 4.99. The molecule has 8 nitrogen and oxygen atoms in total. The van der Waals surface area contributed by atoms with Gasteiger partial charge in [-0.05, 0) is 31.4 Å². The Hall–Kier alpha value is -2.84. The summed E-state index contributed by atoms with van der Waals surface area (Å²) in [5, 5.41) is 43.0. The number of ketones is 2. The first-order valence-corrected chi connectivity index (χ1v) is 9.34. The van der Waals surface area contributed by atoms with Gasteiger partial charge in [-0.3, -0.25) is 14.4 Å². The van der Waals surface area contributed by atoms with Gasteiger partial charge in [0.15, 0.2) is 11.6 Å². The SMILES string of the molecule is CC1(O)c2c(Cl)ccc(O)c2C(=O)C2C(O)=C3C(O)=C(C(N)=O)C(=O)CC3CC21. The van der Waals surface area contributed by atoms with Gasteiger partial charge < -0.3 is 26.2 Å². The Kier molecular flexibility index (Phi) is 4.08. The molecular formula is C20H18ClNO7. The standard InChI is InChI=1S/C20H18ClNO7/c1-20(29)7-4-6-5-10(24)14(19(22)28)17(26)11(6)16(25)12(7)18(27)13-9(23)3-2-8(21)15(13)20/h2-3,6-7,12,23,25-26,29H,4-5H2,1H3,(H2,22,28). The van der Waals surface area contributed by atoms with Crippen molar-refractivity contribution in [1.82, 2.24) is 0 Å². The van der Waals surface area contributed by atoms with Crippen molar-refractivity contribution in [2.75, 3.05) is 0 Å². The van der Waals surface area contributed by atoms with Gasteiger partial charge in [0.2, 0.25) is 0 Å². The summed E-state index contributed by atoms with van der Waals surface area (Å²) in [7, 11) is 0. The molecule has 6 N–H and O–H groups in total. The number of phenolic OH excluding ortho intramolecular Hbond substituents is 1. The summed E-state index contributed by atoms with van der Waals surface area (Å²) in [5.41, 5.74) is 2.59. The van der Waals surface area contributed by atoms with Crippen LogP contribution in [0.1, 0.15) is 35.7 Å². The number of primary amides is 1. The molecule has 4 atom stereocenters. The first-order chi connectivity index (χ1) is 13.5. The number of aromatic hydroxyl groups is 1. The topological polar surface area (TPSA) is 158 Å². The van der Waals surface area contributed by atoms with Crippen LogP contribution in [0.4, 0.5) is 0 Å². The highest BCUT2D eigenvalue weighted by molar-refractivity contribution is 6.32. The van der Waals surface area contributed by atoms with E-state index in [1.54, 1.807) is 0 Å². The molecule has 29 heavy (non-hydrogen) atoms. The number of hydrogen-bond acceptors (Lipinski definition) is 7. The van der Waals surface area contributed by atoms with E-state index in [4.69, 9.17) is 17.3 Å². The van der Waals surface area contributed by atoms with E-state index in [2.05, 4.69) is 0 Å². The van der Waals surface area contributed by atoms with Crippen LogP contribution < -0.4 is 5.73 Å². The third-order valence-electron chi connectivity index (χ3n) is 6.26. The zero-order chi connectivity index (χ0) is 21.4. The zero-order valence-electron chi connectivity index (χ0n) is 15.3. The average molecular weight is 420 g/mol. The Bertz CT molecular complexity index is 1070. The Morgan fingerprint density at radius 3 is 2.52 bits per heavy atom. The third-order valence-corrected chi connectivity index (χ3v) is 6.57. The number of fused-ring (bicyclic) bond motifs is 3. The molecule has 4 rings (SSSR count). The number of phenols is 1. The number of aliphatic hydroxyl groups is 3. The van der Waals surface area contributed by atoms with Crippen molar-refractivity contribution in [2.45, 2.75) is 25.4 Å². The molecular weight excluding hydrogens is 402 g/mol. The van der Waals surface area contributed by atoms with Gasteiger partial charge in [0.25, 0.3) is 5.91 Å². The number of carbonyl (C=O) groups excluding carboxylic acids is 3. The lowest BCUT2D eigenvalue weighted by Crippen LogP contribution is -2.50. The van der Waals surface area contributed by atoms with Crippen molar-refractivity contribution in [2.24, 2.45) is 23.5 Å². The second-order valence-electron chi connectivity index (χ2n) is 7.86. The number of halogens is 1. The van der Waals surface area contributed by atoms with Gasteiger partial charge >= 0.3 is 0 Å². The lowest BCUT2D eigenvalue weighted by molar-refractivity contribution is -0.122. The van der Waals surface area contributed by atoms with Gasteiger partial charge in [0.1, 0.15) is 22.8 Å². The second-order valence-corrected chi connectivity index (χ2v) is 8.27. The summed E-state index contributed by atoms with van der Waals surface area (Å²) in [6.07, 6.45) is -0.147. The summed E-state index contributed by atoms with van der Waals surface area (Å²) < 4.78 is 0. The first-order valence-electron chi connectivity index (χ1n) is 8.96. The first kappa shape index (κ1) is 19.5. The Labute approximate surface area is 169 Å². The molecule has 0 radical (unpaired) electrons. The van der Waals surface area contributed by atoms with Gasteiger partial charge in [-0.15, -0.1) is 0 Å². The number of amides is 1. The Morgan fingerprint density at radius 1 is 1.24 bits per heavy atom.